The summed E-state index contributed by atoms with van der Waals surface area (Å²) in [5.74, 6) is 0. The van der Waals surface area contributed by atoms with Crippen molar-refractivity contribution in [3.05, 3.63) is 0 Å². The van der Waals surface area contributed by atoms with Crippen molar-refractivity contribution in [1.82, 2.24) is 4.90 Å². The molecule has 2 aliphatic rings. The highest BCUT2D eigenvalue weighted by atomic mass is 35.5. The van der Waals surface area contributed by atoms with Crippen molar-refractivity contribution in [3.8, 4) is 0 Å². The number of hydrogen-bond acceptors (Lipinski definition) is 3. The van der Waals surface area contributed by atoms with E-state index in [-0.39, 0.29) is 12.4 Å². The second kappa shape index (κ2) is 3.41. The van der Waals surface area contributed by atoms with Crippen LogP contribution in [-0.4, -0.2) is 35.0 Å². The van der Waals surface area contributed by atoms with Crippen LogP contribution >= 0.6 is 12.4 Å². The zero-order valence-electron chi connectivity index (χ0n) is 6.36. The number of hydrogen-bond donors (Lipinski definition) is 1. The van der Waals surface area contributed by atoms with Gasteiger partial charge in [-0.3, -0.25) is 4.90 Å². The van der Waals surface area contributed by atoms with Gasteiger partial charge in [-0.15, -0.1) is 12.4 Å². The highest BCUT2D eigenvalue weighted by Gasteiger charge is 2.32. The third-order valence-corrected chi connectivity index (χ3v) is 2.28. The lowest BCUT2D eigenvalue weighted by molar-refractivity contribution is 0.313. The van der Waals surface area contributed by atoms with Gasteiger partial charge in [0, 0.05) is 25.6 Å². The normalized spacial score (nSPS) is 28.9. The van der Waals surface area contributed by atoms with Crippen molar-refractivity contribution >= 4 is 18.1 Å². The molecule has 0 aromatic rings. The first kappa shape index (κ1) is 8.81. The first-order chi connectivity index (χ1) is 4.90. The van der Waals surface area contributed by atoms with Gasteiger partial charge in [0.05, 0.1) is 5.71 Å². The summed E-state index contributed by atoms with van der Waals surface area (Å²) in [5.41, 5.74) is 0.951. The predicted molar refractivity (Wildman–Crippen MR) is 45.7 cm³/mol. The molecule has 1 aliphatic carbocycles. The topological polar surface area (TPSA) is 35.8 Å². The maximum absolute atomic E-state index is 8.45. The van der Waals surface area contributed by atoms with Gasteiger partial charge in [0.25, 0.3) is 0 Å². The molecule has 3 nitrogen and oxygen atoms in total. The molecule has 1 heterocycles. The third-order valence-electron chi connectivity index (χ3n) is 2.28. The largest absolute Gasteiger partial charge is 0.411 e. The molecule has 11 heavy (non-hydrogen) atoms. The van der Waals surface area contributed by atoms with Crippen molar-refractivity contribution in [3.63, 3.8) is 0 Å². The highest BCUT2D eigenvalue weighted by Crippen LogP contribution is 2.28. The Bertz CT molecular complexity index is 168. The summed E-state index contributed by atoms with van der Waals surface area (Å²) in [6, 6.07) is 0.819. The van der Waals surface area contributed by atoms with Crippen molar-refractivity contribution in [2.24, 2.45) is 5.16 Å². The molecule has 0 aromatic heterocycles. The minimum Gasteiger partial charge on any atom is -0.411 e. The average molecular weight is 177 g/mol. The SMILES string of the molecule is Cl.O/N=C1\CCN(C2CC2)C1. The summed E-state index contributed by atoms with van der Waals surface area (Å²) < 4.78 is 0. The Kier molecular flexibility index (Phi) is 2.73. The van der Waals surface area contributed by atoms with Crippen molar-refractivity contribution in [2.75, 3.05) is 13.1 Å². The summed E-state index contributed by atoms with van der Waals surface area (Å²) >= 11 is 0. The van der Waals surface area contributed by atoms with Gasteiger partial charge in [-0.05, 0) is 12.8 Å². The minimum absolute atomic E-state index is 0. The van der Waals surface area contributed by atoms with Gasteiger partial charge >= 0.3 is 0 Å². The second-order valence-corrected chi connectivity index (χ2v) is 3.12. The molecular weight excluding hydrogens is 164 g/mol. The lowest BCUT2D eigenvalue weighted by Gasteiger charge is -2.10. The van der Waals surface area contributed by atoms with E-state index in [1.54, 1.807) is 0 Å². The van der Waals surface area contributed by atoms with Crippen LogP contribution in [0.1, 0.15) is 19.3 Å². The van der Waals surface area contributed by atoms with E-state index in [0.717, 1.165) is 31.3 Å². The molecule has 1 saturated carbocycles. The molecule has 1 saturated heterocycles. The fraction of sp³-hybridized carbons (Fsp3) is 0.857. The van der Waals surface area contributed by atoms with Gasteiger partial charge in [-0.1, -0.05) is 5.16 Å². The van der Waals surface area contributed by atoms with Crippen LogP contribution in [-0.2, 0) is 0 Å². The van der Waals surface area contributed by atoms with Gasteiger partial charge in [0.2, 0.25) is 0 Å². The van der Waals surface area contributed by atoms with Crippen molar-refractivity contribution < 1.29 is 5.21 Å². The third kappa shape index (κ3) is 1.84. The van der Waals surface area contributed by atoms with Crippen LogP contribution in [0, 0.1) is 0 Å². The quantitative estimate of drug-likeness (QED) is 0.480. The highest BCUT2D eigenvalue weighted by molar-refractivity contribution is 5.87. The van der Waals surface area contributed by atoms with Crippen LogP contribution < -0.4 is 0 Å². The average Bonchev–Trinajstić information content (AvgIpc) is 2.70. The van der Waals surface area contributed by atoms with E-state index in [9.17, 15) is 0 Å². The maximum Gasteiger partial charge on any atom is 0.0723 e. The van der Waals surface area contributed by atoms with Crippen LogP contribution in [0.15, 0.2) is 5.16 Å². The number of halogens is 1. The molecule has 0 bridgehead atoms. The molecule has 1 aliphatic heterocycles. The Morgan fingerprint density at radius 3 is 2.64 bits per heavy atom. The van der Waals surface area contributed by atoms with E-state index in [1.165, 1.54) is 12.8 Å². The summed E-state index contributed by atoms with van der Waals surface area (Å²) in [4.78, 5) is 2.40. The smallest absolute Gasteiger partial charge is 0.0723 e. The number of rotatable bonds is 1. The molecule has 2 fully saturated rings. The monoisotopic (exact) mass is 176 g/mol. The fourth-order valence-electron chi connectivity index (χ4n) is 1.50. The van der Waals surface area contributed by atoms with Gasteiger partial charge < -0.3 is 5.21 Å². The van der Waals surface area contributed by atoms with Crippen LogP contribution in [0.3, 0.4) is 0 Å². The van der Waals surface area contributed by atoms with Crippen LogP contribution in [0.25, 0.3) is 0 Å². The van der Waals surface area contributed by atoms with Crippen LogP contribution in [0.5, 0.6) is 0 Å². The van der Waals surface area contributed by atoms with Crippen molar-refractivity contribution in [1.29, 1.82) is 0 Å². The molecule has 0 unspecified atom stereocenters. The zero-order chi connectivity index (χ0) is 6.97. The Labute approximate surface area is 72.5 Å². The first-order valence-corrected chi connectivity index (χ1v) is 3.84. The van der Waals surface area contributed by atoms with E-state index < -0.39 is 0 Å². The van der Waals surface area contributed by atoms with Crippen LogP contribution in [0.2, 0.25) is 0 Å². The molecule has 4 heteroatoms. The molecule has 64 valence electrons. The molecule has 0 radical (unpaired) electrons. The van der Waals surface area contributed by atoms with Gasteiger partial charge in [0.1, 0.15) is 0 Å². The first-order valence-electron chi connectivity index (χ1n) is 3.84. The van der Waals surface area contributed by atoms with E-state index >= 15 is 0 Å². The summed E-state index contributed by atoms with van der Waals surface area (Å²) in [6.45, 7) is 2.01. The van der Waals surface area contributed by atoms with Gasteiger partial charge in [0.15, 0.2) is 0 Å². The molecule has 0 atom stereocenters. The maximum atomic E-state index is 8.45. The van der Waals surface area contributed by atoms with E-state index in [2.05, 4.69) is 10.1 Å². The molecule has 0 aromatic carbocycles. The summed E-state index contributed by atoms with van der Waals surface area (Å²) in [7, 11) is 0. The van der Waals surface area contributed by atoms with Gasteiger partial charge in [-0.2, -0.15) is 0 Å². The van der Waals surface area contributed by atoms with Gasteiger partial charge in [-0.25, -0.2) is 0 Å². The van der Waals surface area contributed by atoms with E-state index in [0.29, 0.717) is 0 Å². The number of likely N-dealkylation sites (tertiary alicyclic amines) is 1. The van der Waals surface area contributed by atoms with E-state index in [1.807, 2.05) is 0 Å². The minimum atomic E-state index is 0. The molecule has 0 amide bonds. The lowest BCUT2D eigenvalue weighted by Crippen LogP contribution is -2.22. The van der Waals surface area contributed by atoms with E-state index in [4.69, 9.17) is 5.21 Å². The number of oxime groups is 1. The number of nitrogens with zero attached hydrogens (tertiary/aromatic N) is 2. The zero-order valence-corrected chi connectivity index (χ0v) is 7.18. The van der Waals surface area contributed by atoms with Crippen LogP contribution in [0.4, 0.5) is 0 Å². The predicted octanol–water partition coefficient (Wildman–Crippen LogP) is 1.11. The Morgan fingerprint density at radius 2 is 2.18 bits per heavy atom. The van der Waals surface area contributed by atoms with Crippen molar-refractivity contribution in [2.45, 2.75) is 25.3 Å². The Hall–Kier alpha value is -0.280. The second-order valence-electron chi connectivity index (χ2n) is 3.12. The molecule has 2 rings (SSSR count). The standard InChI is InChI=1S/C7H12N2O.ClH/c10-8-6-3-4-9(5-6)7-1-2-7;/h7,10H,1-5H2;1H/b8-6+;. The summed E-state index contributed by atoms with van der Waals surface area (Å²) in [5, 5.41) is 11.7. The molecule has 0 spiro atoms. The molecule has 1 N–H and O–H groups in total. The Morgan fingerprint density at radius 1 is 1.45 bits per heavy atom. The lowest BCUT2D eigenvalue weighted by atomic mass is 10.3. The fourth-order valence-corrected chi connectivity index (χ4v) is 1.50. The molecular formula is C7H13ClN2O. The summed E-state index contributed by atoms with van der Waals surface area (Å²) in [6.07, 6.45) is 3.66. The Balaban J connectivity index is 0.000000605.